The maximum Gasteiger partial charge on any atom is 0.265 e. The van der Waals surface area contributed by atoms with Crippen LogP contribution in [0.5, 0.6) is 0 Å². The molecule has 4 nitrogen and oxygen atoms in total. The van der Waals surface area contributed by atoms with E-state index in [0.717, 1.165) is 5.69 Å². The molecule has 0 atom stereocenters. The molecule has 0 saturated carbocycles. The van der Waals surface area contributed by atoms with Crippen LogP contribution in [0.4, 0.5) is 0 Å². The molecule has 2 aromatic rings. The summed E-state index contributed by atoms with van der Waals surface area (Å²) in [4.78, 5) is 22.7. The Kier molecular flexibility index (Phi) is 3.14. The second-order valence-electron chi connectivity index (χ2n) is 3.41. The number of rotatable bonds is 2. The zero-order chi connectivity index (χ0) is 11.5. The van der Waals surface area contributed by atoms with Gasteiger partial charge in [-0.25, -0.2) is 4.98 Å². The van der Waals surface area contributed by atoms with Crippen LogP contribution < -0.4 is 5.56 Å². The summed E-state index contributed by atoms with van der Waals surface area (Å²) in [5, 5.41) is 0. The Hall–Kier alpha value is -1.49. The molecule has 2 aromatic heterocycles. The van der Waals surface area contributed by atoms with E-state index in [1.165, 1.54) is 0 Å². The fourth-order valence-electron chi connectivity index (χ4n) is 1.39. The van der Waals surface area contributed by atoms with Crippen LogP contribution in [0.15, 0.2) is 33.7 Å². The number of hydrogen-bond acceptors (Lipinski definition) is 3. The van der Waals surface area contributed by atoms with Crippen molar-refractivity contribution in [1.29, 1.82) is 0 Å². The van der Waals surface area contributed by atoms with Crippen molar-refractivity contribution in [3.05, 3.63) is 56.4 Å². The SMILES string of the molecule is Cc1nc(Cc2ccccn2)[nH]c(=O)c1Br. The van der Waals surface area contributed by atoms with E-state index in [4.69, 9.17) is 0 Å². The van der Waals surface area contributed by atoms with Gasteiger partial charge in [0.25, 0.3) is 5.56 Å². The maximum absolute atomic E-state index is 11.5. The second kappa shape index (κ2) is 4.57. The third kappa shape index (κ3) is 2.36. The van der Waals surface area contributed by atoms with E-state index < -0.39 is 0 Å². The van der Waals surface area contributed by atoms with Crippen molar-refractivity contribution < 1.29 is 0 Å². The molecule has 0 aliphatic carbocycles. The third-order valence-corrected chi connectivity index (χ3v) is 3.09. The number of hydrogen-bond donors (Lipinski definition) is 1. The molecule has 0 unspecified atom stereocenters. The van der Waals surface area contributed by atoms with E-state index >= 15 is 0 Å². The molecule has 0 spiro atoms. The fourth-order valence-corrected chi connectivity index (χ4v) is 1.58. The van der Waals surface area contributed by atoms with E-state index in [9.17, 15) is 4.79 Å². The predicted octanol–water partition coefficient (Wildman–Crippen LogP) is 1.83. The van der Waals surface area contributed by atoms with E-state index in [1.807, 2.05) is 18.2 Å². The van der Waals surface area contributed by atoms with Crippen LogP contribution in [0.25, 0.3) is 0 Å². The quantitative estimate of drug-likeness (QED) is 0.913. The Labute approximate surface area is 101 Å². The summed E-state index contributed by atoms with van der Waals surface area (Å²) in [7, 11) is 0. The fraction of sp³-hybridized carbons (Fsp3) is 0.182. The number of aromatic amines is 1. The smallest absolute Gasteiger partial charge is 0.265 e. The number of pyridine rings is 1. The molecule has 0 saturated heterocycles. The number of aryl methyl sites for hydroxylation is 1. The zero-order valence-electron chi connectivity index (χ0n) is 8.70. The van der Waals surface area contributed by atoms with Crippen LogP contribution in [-0.2, 0) is 6.42 Å². The van der Waals surface area contributed by atoms with E-state index in [1.54, 1.807) is 13.1 Å². The summed E-state index contributed by atoms with van der Waals surface area (Å²) in [6, 6.07) is 5.66. The molecule has 16 heavy (non-hydrogen) atoms. The summed E-state index contributed by atoms with van der Waals surface area (Å²) in [5.41, 5.74) is 1.42. The normalized spacial score (nSPS) is 10.4. The molecule has 0 bridgehead atoms. The Morgan fingerprint density at radius 3 is 2.88 bits per heavy atom. The molecule has 5 heteroatoms. The highest BCUT2D eigenvalue weighted by atomic mass is 79.9. The number of H-pyrrole nitrogens is 1. The first-order valence-corrected chi connectivity index (χ1v) is 5.61. The highest BCUT2D eigenvalue weighted by Crippen LogP contribution is 2.08. The first kappa shape index (κ1) is 11.0. The van der Waals surface area contributed by atoms with Gasteiger partial charge in [-0.1, -0.05) is 6.07 Å². The van der Waals surface area contributed by atoms with Crippen LogP contribution in [-0.4, -0.2) is 15.0 Å². The lowest BCUT2D eigenvalue weighted by Crippen LogP contribution is -2.14. The molecule has 0 fully saturated rings. The largest absolute Gasteiger partial charge is 0.309 e. The molecule has 0 aromatic carbocycles. The number of aromatic nitrogens is 3. The summed E-state index contributed by atoms with van der Waals surface area (Å²) in [6.07, 6.45) is 2.25. The van der Waals surface area contributed by atoms with Gasteiger partial charge in [-0.2, -0.15) is 0 Å². The van der Waals surface area contributed by atoms with Gasteiger partial charge >= 0.3 is 0 Å². The number of halogens is 1. The van der Waals surface area contributed by atoms with Gasteiger partial charge in [-0.15, -0.1) is 0 Å². The average Bonchev–Trinajstić information content (AvgIpc) is 2.27. The lowest BCUT2D eigenvalue weighted by Gasteiger charge is -2.02. The average molecular weight is 280 g/mol. The van der Waals surface area contributed by atoms with Crippen molar-refractivity contribution in [2.24, 2.45) is 0 Å². The monoisotopic (exact) mass is 279 g/mol. The number of nitrogens with one attached hydrogen (secondary N) is 1. The van der Waals surface area contributed by atoms with Crippen LogP contribution in [0.1, 0.15) is 17.2 Å². The van der Waals surface area contributed by atoms with Crippen LogP contribution >= 0.6 is 15.9 Å². The lowest BCUT2D eigenvalue weighted by molar-refractivity contribution is 0.891. The minimum atomic E-state index is -0.154. The molecular formula is C11H10BrN3O. The molecule has 1 N–H and O–H groups in total. The van der Waals surface area contributed by atoms with Gasteiger partial charge in [0.2, 0.25) is 0 Å². The lowest BCUT2D eigenvalue weighted by atomic mass is 10.2. The first-order valence-electron chi connectivity index (χ1n) is 4.82. The minimum Gasteiger partial charge on any atom is -0.309 e. The van der Waals surface area contributed by atoms with Gasteiger partial charge < -0.3 is 4.98 Å². The molecule has 0 aliphatic heterocycles. The molecule has 0 radical (unpaired) electrons. The van der Waals surface area contributed by atoms with Crippen molar-refractivity contribution in [3.63, 3.8) is 0 Å². The number of nitrogens with zero attached hydrogens (tertiary/aromatic N) is 2. The summed E-state index contributed by atoms with van der Waals surface area (Å²) < 4.78 is 0.484. The Balaban J connectivity index is 2.33. The predicted molar refractivity (Wildman–Crippen MR) is 64.3 cm³/mol. The first-order chi connectivity index (χ1) is 7.66. The molecule has 0 amide bonds. The van der Waals surface area contributed by atoms with E-state index in [2.05, 4.69) is 30.9 Å². The zero-order valence-corrected chi connectivity index (χ0v) is 10.3. The van der Waals surface area contributed by atoms with Crippen molar-refractivity contribution in [2.45, 2.75) is 13.3 Å². The Bertz CT molecular complexity index is 551. The van der Waals surface area contributed by atoms with Crippen molar-refractivity contribution in [3.8, 4) is 0 Å². The van der Waals surface area contributed by atoms with Gasteiger partial charge in [-0.3, -0.25) is 9.78 Å². The van der Waals surface area contributed by atoms with Crippen molar-refractivity contribution in [1.82, 2.24) is 15.0 Å². The summed E-state index contributed by atoms with van der Waals surface area (Å²) in [5.74, 6) is 0.629. The van der Waals surface area contributed by atoms with E-state index in [-0.39, 0.29) is 5.56 Å². The third-order valence-electron chi connectivity index (χ3n) is 2.15. The van der Waals surface area contributed by atoms with Crippen LogP contribution in [0.2, 0.25) is 0 Å². The molecule has 2 rings (SSSR count). The highest BCUT2D eigenvalue weighted by molar-refractivity contribution is 9.10. The van der Waals surface area contributed by atoms with E-state index in [0.29, 0.717) is 22.4 Å². The maximum atomic E-state index is 11.5. The van der Waals surface area contributed by atoms with Crippen LogP contribution in [0.3, 0.4) is 0 Å². The Morgan fingerprint density at radius 1 is 1.44 bits per heavy atom. The molecule has 82 valence electrons. The topological polar surface area (TPSA) is 58.6 Å². The second-order valence-corrected chi connectivity index (χ2v) is 4.20. The van der Waals surface area contributed by atoms with Crippen LogP contribution in [0, 0.1) is 6.92 Å². The summed E-state index contributed by atoms with van der Waals surface area (Å²) >= 11 is 3.18. The van der Waals surface area contributed by atoms with Gasteiger partial charge in [0.1, 0.15) is 10.3 Å². The van der Waals surface area contributed by atoms with Gasteiger partial charge in [-0.05, 0) is 35.0 Å². The van der Waals surface area contributed by atoms with Crippen molar-refractivity contribution in [2.75, 3.05) is 0 Å². The Morgan fingerprint density at radius 2 is 2.25 bits per heavy atom. The standard InChI is InChI=1S/C11H10BrN3O/c1-7-10(12)11(16)15-9(14-7)6-8-4-2-3-5-13-8/h2-5H,6H2,1H3,(H,14,15,16). The van der Waals surface area contributed by atoms with Gasteiger partial charge in [0, 0.05) is 18.3 Å². The molecular weight excluding hydrogens is 270 g/mol. The highest BCUT2D eigenvalue weighted by Gasteiger charge is 2.05. The van der Waals surface area contributed by atoms with Gasteiger partial charge in [0.05, 0.1) is 5.69 Å². The van der Waals surface area contributed by atoms with Crippen molar-refractivity contribution >= 4 is 15.9 Å². The van der Waals surface area contributed by atoms with Gasteiger partial charge in [0.15, 0.2) is 0 Å². The molecule has 2 heterocycles. The minimum absolute atomic E-state index is 0.154. The summed E-state index contributed by atoms with van der Waals surface area (Å²) in [6.45, 7) is 1.79. The molecule has 0 aliphatic rings.